The number of nitrogen functional groups attached to an aromatic ring is 1. The van der Waals surface area contributed by atoms with Gasteiger partial charge in [-0.05, 0) is 23.2 Å². The Morgan fingerprint density at radius 1 is 1.30 bits per heavy atom. The molecule has 2 rings (SSSR count). The summed E-state index contributed by atoms with van der Waals surface area (Å²) in [6.07, 6.45) is 0. The molecule has 4 N–H and O–H groups in total. The second kappa shape index (κ2) is 6.11. The number of nitrogens with two attached hydrogens (primary N) is 2. The zero-order valence-electron chi connectivity index (χ0n) is 10.5. The molecule has 20 heavy (non-hydrogen) atoms. The van der Waals surface area contributed by atoms with Crippen LogP contribution in [0.2, 0.25) is 0 Å². The smallest absolute Gasteiger partial charge is 0.276 e. The number of nitrogens with zero attached hydrogens (tertiary/aromatic N) is 3. The van der Waals surface area contributed by atoms with E-state index in [1.165, 1.54) is 10.3 Å². The van der Waals surface area contributed by atoms with Gasteiger partial charge in [-0.1, -0.05) is 22.7 Å². The number of primary amides is 1. The Bertz CT molecular complexity index is 614. The third kappa shape index (κ3) is 3.29. The molecule has 0 fully saturated rings. The van der Waals surface area contributed by atoms with Gasteiger partial charge in [0.2, 0.25) is 5.91 Å². The Morgan fingerprint density at radius 2 is 2.05 bits per heavy atom. The van der Waals surface area contributed by atoms with E-state index in [1.54, 1.807) is 18.2 Å². The van der Waals surface area contributed by atoms with Crippen molar-refractivity contribution >= 4 is 29.0 Å². The highest BCUT2D eigenvalue weighted by molar-refractivity contribution is 7.03. The fraction of sp³-hybridized carbons (Fsp3) is 0.167. The van der Waals surface area contributed by atoms with Crippen LogP contribution >= 0.6 is 11.5 Å². The standard InChI is InChI=1S/C12H13N5O2S/c13-9-4-2-1-3-8(9)5-17(6-11(14)18)12(19)10-7-20-16-15-10/h1-4,7H,5-6,13H2,(H2,14,18). The van der Waals surface area contributed by atoms with Gasteiger partial charge in [-0.15, -0.1) is 5.10 Å². The van der Waals surface area contributed by atoms with Crippen molar-refractivity contribution in [3.8, 4) is 0 Å². The molecule has 8 heteroatoms. The molecule has 0 bridgehead atoms. The predicted molar refractivity (Wildman–Crippen MR) is 74.7 cm³/mol. The molecule has 0 aliphatic heterocycles. The molecule has 7 nitrogen and oxygen atoms in total. The van der Waals surface area contributed by atoms with Crippen molar-refractivity contribution in [2.24, 2.45) is 5.73 Å². The molecular formula is C12H13N5O2S. The lowest BCUT2D eigenvalue weighted by Gasteiger charge is -2.20. The highest BCUT2D eigenvalue weighted by atomic mass is 32.1. The summed E-state index contributed by atoms with van der Waals surface area (Å²) in [7, 11) is 0. The summed E-state index contributed by atoms with van der Waals surface area (Å²) >= 11 is 1.06. The summed E-state index contributed by atoms with van der Waals surface area (Å²) in [5, 5.41) is 5.22. The van der Waals surface area contributed by atoms with Crippen molar-refractivity contribution in [2.75, 3.05) is 12.3 Å². The van der Waals surface area contributed by atoms with Gasteiger partial charge in [-0.25, -0.2) is 0 Å². The molecule has 0 unspecified atom stereocenters. The zero-order valence-corrected chi connectivity index (χ0v) is 11.3. The van der Waals surface area contributed by atoms with Crippen molar-refractivity contribution in [1.29, 1.82) is 0 Å². The number of rotatable bonds is 5. The molecule has 104 valence electrons. The normalized spacial score (nSPS) is 10.2. The van der Waals surface area contributed by atoms with Crippen LogP contribution in [0.4, 0.5) is 5.69 Å². The molecule has 1 aromatic heterocycles. The number of para-hydroxylation sites is 1. The number of benzene rings is 1. The molecule has 1 aromatic carbocycles. The van der Waals surface area contributed by atoms with Gasteiger partial charge >= 0.3 is 0 Å². The minimum atomic E-state index is -0.601. The number of hydrogen-bond acceptors (Lipinski definition) is 6. The quantitative estimate of drug-likeness (QED) is 0.766. The van der Waals surface area contributed by atoms with Crippen molar-refractivity contribution in [2.45, 2.75) is 6.54 Å². The Balaban J connectivity index is 2.22. The van der Waals surface area contributed by atoms with Crippen LogP contribution in [-0.4, -0.2) is 32.8 Å². The van der Waals surface area contributed by atoms with E-state index < -0.39 is 11.8 Å². The summed E-state index contributed by atoms with van der Waals surface area (Å²) in [4.78, 5) is 24.7. The van der Waals surface area contributed by atoms with Crippen LogP contribution in [-0.2, 0) is 11.3 Å². The summed E-state index contributed by atoms with van der Waals surface area (Å²) in [6, 6.07) is 7.12. The largest absolute Gasteiger partial charge is 0.398 e. The fourth-order valence-electron chi connectivity index (χ4n) is 1.69. The molecule has 1 heterocycles. The number of hydrogen-bond donors (Lipinski definition) is 2. The first-order valence-corrected chi connectivity index (χ1v) is 6.59. The minimum Gasteiger partial charge on any atom is -0.398 e. The molecule has 0 spiro atoms. The fourth-order valence-corrected chi connectivity index (χ4v) is 2.12. The molecule has 2 amide bonds. The average Bonchev–Trinajstić information content (AvgIpc) is 2.93. The molecule has 0 aliphatic rings. The van der Waals surface area contributed by atoms with Crippen LogP contribution in [0.3, 0.4) is 0 Å². The molecular weight excluding hydrogens is 278 g/mol. The maximum absolute atomic E-state index is 12.2. The van der Waals surface area contributed by atoms with Crippen LogP contribution in [0, 0.1) is 0 Å². The van der Waals surface area contributed by atoms with Crippen LogP contribution in [0.15, 0.2) is 29.6 Å². The van der Waals surface area contributed by atoms with E-state index in [9.17, 15) is 9.59 Å². The highest BCUT2D eigenvalue weighted by Crippen LogP contribution is 2.15. The van der Waals surface area contributed by atoms with E-state index in [0.29, 0.717) is 5.69 Å². The number of carbonyl (C=O) groups is 2. The van der Waals surface area contributed by atoms with Crippen LogP contribution in [0.1, 0.15) is 16.1 Å². The second-order valence-corrected chi connectivity index (χ2v) is 4.73. The number of amides is 2. The lowest BCUT2D eigenvalue weighted by atomic mass is 10.1. The van der Waals surface area contributed by atoms with Crippen molar-refractivity contribution in [3.63, 3.8) is 0 Å². The molecule has 0 aliphatic carbocycles. The van der Waals surface area contributed by atoms with Crippen LogP contribution in [0.5, 0.6) is 0 Å². The van der Waals surface area contributed by atoms with Gasteiger partial charge in [-0.2, -0.15) is 0 Å². The minimum absolute atomic E-state index is 0.186. The predicted octanol–water partition coefficient (Wildman–Crippen LogP) is 0.248. The maximum atomic E-state index is 12.2. The number of anilines is 1. The first-order chi connectivity index (χ1) is 9.58. The van der Waals surface area contributed by atoms with Gasteiger partial charge in [0.1, 0.15) is 6.54 Å². The maximum Gasteiger partial charge on any atom is 0.276 e. The average molecular weight is 291 g/mol. The van der Waals surface area contributed by atoms with E-state index >= 15 is 0 Å². The lowest BCUT2D eigenvalue weighted by Crippen LogP contribution is -2.38. The third-order valence-electron chi connectivity index (χ3n) is 2.63. The molecule has 0 radical (unpaired) electrons. The van der Waals surface area contributed by atoms with E-state index in [-0.39, 0.29) is 18.8 Å². The van der Waals surface area contributed by atoms with Gasteiger partial charge in [0.25, 0.3) is 5.91 Å². The lowest BCUT2D eigenvalue weighted by molar-refractivity contribution is -0.118. The van der Waals surface area contributed by atoms with Crippen molar-refractivity contribution in [3.05, 3.63) is 40.9 Å². The highest BCUT2D eigenvalue weighted by Gasteiger charge is 2.20. The molecule has 2 aromatic rings. The number of aromatic nitrogens is 2. The van der Waals surface area contributed by atoms with E-state index in [0.717, 1.165) is 17.1 Å². The number of carbonyl (C=O) groups excluding carboxylic acids is 2. The van der Waals surface area contributed by atoms with Gasteiger partial charge in [-0.3, -0.25) is 9.59 Å². The molecule has 0 saturated heterocycles. The summed E-state index contributed by atoms with van der Waals surface area (Å²) in [5.74, 6) is -1.00. The van der Waals surface area contributed by atoms with Crippen molar-refractivity contribution < 1.29 is 9.59 Å². The topological polar surface area (TPSA) is 115 Å². The van der Waals surface area contributed by atoms with Crippen LogP contribution in [0.25, 0.3) is 0 Å². The Labute approximate surface area is 119 Å². The van der Waals surface area contributed by atoms with E-state index in [1.807, 2.05) is 6.07 Å². The zero-order chi connectivity index (χ0) is 14.5. The Morgan fingerprint density at radius 3 is 2.65 bits per heavy atom. The summed E-state index contributed by atoms with van der Waals surface area (Å²) < 4.78 is 3.63. The summed E-state index contributed by atoms with van der Waals surface area (Å²) in [6.45, 7) is -0.0172. The first kappa shape index (κ1) is 13.9. The third-order valence-corrected chi connectivity index (χ3v) is 3.13. The SMILES string of the molecule is NC(=O)CN(Cc1ccccc1N)C(=O)c1csnn1. The van der Waals surface area contributed by atoms with Crippen LogP contribution < -0.4 is 11.5 Å². The van der Waals surface area contributed by atoms with Gasteiger partial charge in [0, 0.05) is 17.6 Å². The van der Waals surface area contributed by atoms with Gasteiger partial charge < -0.3 is 16.4 Å². The molecule has 0 saturated carbocycles. The van der Waals surface area contributed by atoms with Crippen molar-refractivity contribution in [1.82, 2.24) is 14.5 Å². The molecule has 0 atom stereocenters. The second-order valence-electron chi connectivity index (χ2n) is 4.12. The Kier molecular flexibility index (Phi) is 4.26. The van der Waals surface area contributed by atoms with Gasteiger partial charge in [0.05, 0.1) is 0 Å². The van der Waals surface area contributed by atoms with E-state index in [4.69, 9.17) is 11.5 Å². The monoisotopic (exact) mass is 291 g/mol. The first-order valence-electron chi connectivity index (χ1n) is 5.76. The van der Waals surface area contributed by atoms with E-state index in [2.05, 4.69) is 9.59 Å². The van der Waals surface area contributed by atoms with Gasteiger partial charge in [0.15, 0.2) is 5.69 Å². The Hall–Kier alpha value is -2.48. The summed E-state index contributed by atoms with van der Waals surface area (Å²) in [5.41, 5.74) is 12.5.